The van der Waals surface area contributed by atoms with E-state index in [9.17, 15) is 0 Å². The highest BCUT2D eigenvalue weighted by Gasteiger charge is 2.02. The number of unbranched alkanes of at least 4 members (excludes halogenated alkanes) is 33. The molecule has 0 unspecified atom stereocenters. The molecule has 0 radical (unpaired) electrons. The number of nitrogens with zero attached hydrogens (tertiary/aromatic N) is 2. The van der Waals surface area contributed by atoms with E-state index in [1.54, 1.807) is 0 Å². The average molecular weight is 649 g/mol. The summed E-state index contributed by atoms with van der Waals surface area (Å²) in [4.78, 5) is 5.18. The minimum atomic E-state index is 1.30. The first-order valence-electron chi connectivity index (χ1n) is 22.1. The second kappa shape index (κ2) is 41.1. The highest BCUT2D eigenvalue weighted by molar-refractivity contribution is 4.58. The van der Waals surface area contributed by atoms with Gasteiger partial charge >= 0.3 is 0 Å². The maximum Gasteiger partial charge on any atom is -0.00218 e. The predicted molar refractivity (Wildman–Crippen MR) is 213 cm³/mol. The zero-order valence-electron chi connectivity index (χ0n) is 33.2. The normalized spacial score (nSPS) is 11.9. The molecule has 0 aromatic rings. The zero-order valence-corrected chi connectivity index (χ0v) is 33.2. The van der Waals surface area contributed by atoms with Crippen LogP contribution in [0.4, 0.5) is 0 Å². The molecule has 2 heteroatoms. The van der Waals surface area contributed by atoms with Crippen LogP contribution in [-0.4, -0.2) is 50.1 Å². The lowest BCUT2D eigenvalue weighted by atomic mass is 10.0. The fraction of sp³-hybridized carbons (Fsp3) is 1.00. The lowest BCUT2D eigenvalue weighted by Gasteiger charge is -2.17. The van der Waals surface area contributed by atoms with Crippen LogP contribution in [0.25, 0.3) is 0 Å². The van der Waals surface area contributed by atoms with Crippen molar-refractivity contribution in [2.24, 2.45) is 0 Å². The summed E-state index contributed by atoms with van der Waals surface area (Å²) in [5, 5.41) is 0. The third-order valence-corrected chi connectivity index (χ3v) is 10.6. The molecule has 0 amide bonds. The molecule has 0 spiro atoms. The molecule has 0 heterocycles. The van der Waals surface area contributed by atoms with Crippen LogP contribution in [0.3, 0.4) is 0 Å². The molecular formula is C44H92N2. The van der Waals surface area contributed by atoms with Gasteiger partial charge in [-0.25, -0.2) is 0 Å². The summed E-state index contributed by atoms with van der Waals surface area (Å²) in [6.07, 6.45) is 52.3. The fourth-order valence-electron chi connectivity index (χ4n) is 7.20. The molecule has 0 rings (SSSR count). The summed E-state index contributed by atoms with van der Waals surface area (Å²) in [7, 11) is 4.69. The number of hydrogen-bond donors (Lipinski definition) is 0. The first kappa shape index (κ1) is 45.9. The van der Waals surface area contributed by atoms with E-state index in [-0.39, 0.29) is 0 Å². The van der Waals surface area contributed by atoms with Gasteiger partial charge in [-0.3, -0.25) is 0 Å². The Balaban J connectivity index is 3.23. The maximum absolute atomic E-state index is 2.59. The van der Waals surface area contributed by atoms with Crippen molar-refractivity contribution < 1.29 is 0 Å². The van der Waals surface area contributed by atoms with Gasteiger partial charge in [-0.2, -0.15) is 0 Å². The molecule has 2 nitrogen and oxygen atoms in total. The SMILES string of the molecule is CCCCCCCCCCCCCCCCCCN(C)CCCCCCN(C)CCCCCCCCCCCCCCCCCC. The molecule has 46 heavy (non-hydrogen) atoms. The van der Waals surface area contributed by atoms with Gasteiger partial charge in [-0.05, 0) is 66.0 Å². The van der Waals surface area contributed by atoms with Gasteiger partial charge in [0.15, 0.2) is 0 Å². The van der Waals surface area contributed by atoms with Crippen molar-refractivity contribution in [1.29, 1.82) is 0 Å². The summed E-state index contributed by atoms with van der Waals surface area (Å²) in [6, 6.07) is 0. The maximum atomic E-state index is 2.59. The lowest BCUT2D eigenvalue weighted by Crippen LogP contribution is -2.22. The Morgan fingerprint density at radius 2 is 0.326 bits per heavy atom. The summed E-state index contributed by atoms with van der Waals surface area (Å²) in [6.45, 7) is 9.83. The van der Waals surface area contributed by atoms with Gasteiger partial charge in [-0.1, -0.05) is 219 Å². The molecule has 0 aliphatic heterocycles. The Bertz CT molecular complexity index is 474. The number of hydrogen-bond acceptors (Lipinski definition) is 2. The minimum Gasteiger partial charge on any atom is -0.306 e. The van der Waals surface area contributed by atoms with Crippen LogP contribution in [0, 0.1) is 0 Å². The lowest BCUT2D eigenvalue weighted by molar-refractivity contribution is 0.301. The van der Waals surface area contributed by atoms with Gasteiger partial charge in [0, 0.05) is 0 Å². The quantitative estimate of drug-likeness (QED) is 0.0609. The van der Waals surface area contributed by atoms with E-state index in [0.717, 1.165) is 0 Å². The average Bonchev–Trinajstić information content (AvgIpc) is 3.06. The highest BCUT2D eigenvalue weighted by atomic mass is 15.1. The molecule has 0 aliphatic carbocycles. The van der Waals surface area contributed by atoms with Crippen molar-refractivity contribution in [2.75, 3.05) is 40.3 Å². The van der Waals surface area contributed by atoms with Crippen molar-refractivity contribution in [3.05, 3.63) is 0 Å². The van der Waals surface area contributed by atoms with Crippen LogP contribution in [0.15, 0.2) is 0 Å². The summed E-state index contributed by atoms with van der Waals surface area (Å²) in [5.41, 5.74) is 0. The molecular weight excluding hydrogens is 556 g/mol. The van der Waals surface area contributed by atoms with Crippen LogP contribution in [0.5, 0.6) is 0 Å². The van der Waals surface area contributed by atoms with E-state index in [4.69, 9.17) is 0 Å². The highest BCUT2D eigenvalue weighted by Crippen LogP contribution is 2.15. The van der Waals surface area contributed by atoms with Crippen molar-refractivity contribution in [3.8, 4) is 0 Å². The molecule has 0 bridgehead atoms. The Morgan fingerprint density at radius 1 is 0.196 bits per heavy atom. The Hall–Kier alpha value is -0.0800. The second-order valence-corrected chi connectivity index (χ2v) is 15.6. The van der Waals surface area contributed by atoms with E-state index in [1.807, 2.05) is 0 Å². The minimum absolute atomic E-state index is 1.30. The molecule has 0 saturated carbocycles. The molecule has 0 N–H and O–H groups in total. The van der Waals surface area contributed by atoms with Crippen molar-refractivity contribution in [1.82, 2.24) is 9.80 Å². The van der Waals surface area contributed by atoms with E-state index in [0.29, 0.717) is 0 Å². The van der Waals surface area contributed by atoms with Crippen LogP contribution >= 0.6 is 0 Å². The van der Waals surface area contributed by atoms with Crippen LogP contribution in [0.1, 0.15) is 245 Å². The third kappa shape index (κ3) is 40.1. The smallest absolute Gasteiger partial charge is 0.00218 e. The molecule has 278 valence electrons. The largest absolute Gasteiger partial charge is 0.306 e. The Labute approximate surface area is 294 Å². The van der Waals surface area contributed by atoms with Crippen molar-refractivity contribution >= 4 is 0 Å². The van der Waals surface area contributed by atoms with Crippen LogP contribution in [0.2, 0.25) is 0 Å². The van der Waals surface area contributed by atoms with Crippen molar-refractivity contribution in [3.63, 3.8) is 0 Å². The van der Waals surface area contributed by atoms with Gasteiger partial charge in [0.2, 0.25) is 0 Å². The molecule has 0 aromatic heterocycles. The first-order valence-corrected chi connectivity index (χ1v) is 22.1. The molecule has 0 saturated heterocycles. The standard InChI is InChI=1S/C44H92N2/c1-5-7-9-11-13-15-17-19-21-23-25-27-29-31-33-37-41-45(3)43-39-35-36-40-44-46(4)42-38-34-32-30-28-26-24-22-20-18-16-14-12-10-8-6-2/h5-44H2,1-4H3. The van der Waals surface area contributed by atoms with E-state index >= 15 is 0 Å². The molecule has 0 fully saturated rings. The van der Waals surface area contributed by atoms with E-state index in [2.05, 4.69) is 37.7 Å². The first-order chi connectivity index (χ1) is 22.7. The second-order valence-electron chi connectivity index (χ2n) is 15.6. The molecule has 0 aromatic carbocycles. The summed E-state index contributed by atoms with van der Waals surface area (Å²) >= 11 is 0. The zero-order chi connectivity index (χ0) is 33.4. The van der Waals surface area contributed by atoms with Gasteiger partial charge in [0.05, 0.1) is 0 Å². The van der Waals surface area contributed by atoms with Crippen LogP contribution in [-0.2, 0) is 0 Å². The van der Waals surface area contributed by atoms with Gasteiger partial charge in [0.25, 0.3) is 0 Å². The summed E-state index contributed by atoms with van der Waals surface area (Å²) < 4.78 is 0. The van der Waals surface area contributed by atoms with Crippen molar-refractivity contribution in [2.45, 2.75) is 245 Å². The predicted octanol–water partition coefficient (Wildman–Crippen LogP) is 14.9. The van der Waals surface area contributed by atoms with E-state index in [1.165, 1.54) is 257 Å². The van der Waals surface area contributed by atoms with Gasteiger partial charge in [0.1, 0.15) is 0 Å². The summed E-state index contributed by atoms with van der Waals surface area (Å²) in [5.74, 6) is 0. The Kier molecular flexibility index (Phi) is 41.0. The molecule has 0 aliphatic rings. The van der Waals surface area contributed by atoms with E-state index < -0.39 is 0 Å². The Morgan fingerprint density at radius 3 is 0.478 bits per heavy atom. The number of rotatable bonds is 41. The third-order valence-electron chi connectivity index (χ3n) is 10.6. The monoisotopic (exact) mass is 649 g/mol. The molecule has 0 atom stereocenters. The van der Waals surface area contributed by atoms with Gasteiger partial charge in [-0.15, -0.1) is 0 Å². The van der Waals surface area contributed by atoms with Crippen LogP contribution < -0.4 is 0 Å². The van der Waals surface area contributed by atoms with Gasteiger partial charge < -0.3 is 9.80 Å². The fourth-order valence-corrected chi connectivity index (χ4v) is 7.20. The topological polar surface area (TPSA) is 6.48 Å².